The average Bonchev–Trinajstić information content (AvgIpc) is 2.70. The first-order chi connectivity index (χ1) is 13.7. The molecular formula is C19H22N4O5S. The van der Waals surface area contributed by atoms with Gasteiger partial charge in [-0.05, 0) is 37.9 Å². The van der Waals surface area contributed by atoms with Gasteiger partial charge in [0.1, 0.15) is 10.6 Å². The second-order valence-electron chi connectivity index (χ2n) is 6.55. The first kappa shape index (κ1) is 22.3. The number of benzene rings is 2. The van der Waals surface area contributed by atoms with E-state index in [9.17, 15) is 18.5 Å². The normalized spacial score (nSPS) is 11.4. The molecule has 0 amide bonds. The molecule has 154 valence electrons. The first-order valence-electron chi connectivity index (χ1n) is 8.65. The summed E-state index contributed by atoms with van der Waals surface area (Å²) in [5, 5.41) is 20.2. The molecule has 0 saturated carbocycles. The van der Waals surface area contributed by atoms with E-state index in [1.54, 1.807) is 24.3 Å². The van der Waals surface area contributed by atoms with Crippen LogP contribution in [0.25, 0.3) is 0 Å². The number of methoxy groups -OCH3 is 1. The Morgan fingerprint density at radius 2 is 1.90 bits per heavy atom. The van der Waals surface area contributed by atoms with E-state index >= 15 is 0 Å². The highest BCUT2D eigenvalue weighted by Crippen LogP contribution is 2.31. The summed E-state index contributed by atoms with van der Waals surface area (Å²) in [5.41, 5.74) is 0.708. The highest BCUT2D eigenvalue weighted by molar-refractivity contribution is 7.89. The first-order valence-corrected chi connectivity index (χ1v) is 10.1. The number of nitrogens with zero attached hydrogens (tertiary/aromatic N) is 4. The van der Waals surface area contributed by atoms with Crippen LogP contribution in [0.2, 0.25) is 0 Å². The second kappa shape index (κ2) is 9.47. The molecule has 0 atom stereocenters. The summed E-state index contributed by atoms with van der Waals surface area (Å²) in [5.74, 6) is 0.0243. The summed E-state index contributed by atoms with van der Waals surface area (Å²) in [6, 6.07) is 12.1. The number of nitriles is 1. The van der Waals surface area contributed by atoms with E-state index in [0.717, 1.165) is 6.07 Å². The summed E-state index contributed by atoms with van der Waals surface area (Å²) in [6.07, 6.45) is 0. The third kappa shape index (κ3) is 5.51. The molecule has 0 bridgehead atoms. The maximum absolute atomic E-state index is 13.4. The molecule has 10 heteroatoms. The Morgan fingerprint density at radius 1 is 1.17 bits per heavy atom. The van der Waals surface area contributed by atoms with Crippen molar-refractivity contribution >= 4 is 15.7 Å². The molecule has 2 aromatic rings. The van der Waals surface area contributed by atoms with Gasteiger partial charge in [-0.3, -0.25) is 10.1 Å². The van der Waals surface area contributed by atoms with Crippen molar-refractivity contribution < 1.29 is 18.1 Å². The number of ether oxygens (including phenoxy) is 1. The largest absolute Gasteiger partial charge is 0.495 e. The fraction of sp³-hybridized carbons (Fsp3) is 0.316. The number of nitro groups is 1. The van der Waals surface area contributed by atoms with Crippen LogP contribution in [0.5, 0.6) is 5.75 Å². The van der Waals surface area contributed by atoms with Crippen LogP contribution < -0.4 is 4.74 Å². The molecule has 9 nitrogen and oxygen atoms in total. The predicted octanol–water partition coefficient (Wildman–Crippen LogP) is 2.23. The van der Waals surface area contributed by atoms with Crippen LogP contribution in [-0.4, -0.2) is 56.8 Å². The van der Waals surface area contributed by atoms with Crippen molar-refractivity contribution in [3.63, 3.8) is 0 Å². The molecular weight excluding hydrogens is 396 g/mol. The van der Waals surface area contributed by atoms with Crippen molar-refractivity contribution in [2.45, 2.75) is 11.4 Å². The van der Waals surface area contributed by atoms with Crippen molar-refractivity contribution in [1.82, 2.24) is 9.21 Å². The van der Waals surface area contributed by atoms with Crippen LogP contribution in [0.3, 0.4) is 0 Å². The Bertz CT molecular complexity index is 1030. The van der Waals surface area contributed by atoms with Gasteiger partial charge in [-0.25, -0.2) is 8.42 Å². The van der Waals surface area contributed by atoms with Crippen molar-refractivity contribution in [1.29, 1.82) is 5.26 Å². The number of hydrogen-bond donors (Lipinski definition) is 0. The number of hydrogen-bond acceptors (Lipinski definition) is 7. The molecule has 0 radical (unpaired) electrons. The van der Waals surface area contributed by atoms with Crippen molar-refractivity contribution in [2.75, 3.05) is 34.3 Å². The van der Waals surface area contributed by atoms with Gasteiger partial charge in [0.2, 0.25) is 10.0 Å². The molecule has 0 fully saturated rings. The Morgan fingerprint density at radius 3 is 2.48 bits per heavy atom. The minimum Gasteiger partial charge on any atom is -0.495 e. The van der Waals surface area contributed by atoms with Gasteiger partial charge in [-0.1, -0.05) is 12.1 Å². The Labute approximate surface area is 169 Å². The van der Waals surface area contributed by atoms with E-state index < -0.39 is 14.9 Å². The molecule has 0 spiro atoms. The van der Waals surface area contributed by atoms with Gasteiger partial charge >= 0.3 is 0 Å². The van der Waals surface area contributed by atoms with Gasteiger partial charge in [-0.15, -0.1) is 0 Å². The van der Waals surface area contributed by atoms with Gasteiger partial charge in [0.25, 0.3) is 5.69 Å². The van der Waals surface area contributed by atoms with E-state index in [4.69, 9.17) is 10.00 Å². The van der Waals surface area contributed by atoms with Gasteiger partial charge in [-0.2, -0.15) is 9.57 Å². The van der Waals surface area contributed by atoms with Gasteiger partial charge in [0.15, 0.2) is 0 Å². The zero-order chi connectivity index (χ0) is 21.6. The number of sulfonamides is 1. The second-order valence-corrected chi connectivity index (χ2v) is 8.45. The third-order valence-electron chi connectivity index (χ3n) is 4.19. The lowest BCUT2D eigenvalue weighted by molar-refractivity contribution is -0.385. The smallest absolute Gasteiger partial charge is 0.271 e. The lowest BCUT2D eigenvalue weighted by atomic mass is 10.1. The summed E-state index contributed by atoms with van der Waals surface area (Å²) in [6.45, 7) is 0.601. The van der Waals surface area contributed by atoms with Gasteiger partial charge in [0.05, 0.1) is 23.7 Å². The summed E-state index contributed by atoms with van der Waals surface area (Å²) in [4.78, 5) is 12.0. The highest BCUT2D eigenvalue weighted by Gasteiger charge is 2.30. The monoisotopic (exact) mass is 418 g/mol. The molecule has 0 aromatic heterocycles. The molecule has 0 aliphatic heterocycles. The number of rotatable bonds is 9. The minimum atomic E-state index is -4.12. The molecule has 2 aromatic carbocycles. The van der Waals surface area contributed by atoms with Crippen molar-refractivity contribution in [3.8, 4) is 11.8 Å². The van der Waals surface area contributed by atoms with Crippen molar-refractivity contribution in [2.24, 2.45) is 0 Å². The summed E-state index contributed by atoms with van der Waals surface area (Å²) in [7, 11) is 0.816. The van der Waals surface area contributed by atoms with E-state index in [1.807, 2.05) is 25.1 Å². The van der Waals surface area contributed by atoms with Crippen molar-refractivity contribution in [3.05, 3.63) is 63.7 Å². The lowest BCUT2D eigenvalue weighted by Gasteiger charge is -2.24. The maximum atomic E-state index is 13.4. The molecule has 29 heavy (non-hydrogen) atoms. The zero-order valence-electron chi connectivity index (χ0n) is 16.4. The molecule has 0 aliphatic rings. The van der Waals surface area contributed by atoms with Crippen LogP contribution in [0.4, 0.5) is 5.69 Å². The molecule has 0 heterocycles. The van der Waals surface area contributed by atoms with Gasteiger partial charge < -0.3 is 9.64 Å². The average molecular weight is 418 g/mol. The van der Waals surface area contributed by atoms with Crippen LogP contribution in [-0.2, 0) is 16.6 Å². The zero-order valence-corrected chi connectivity index (χ0v) is 17.2. The molecule has 0 aliphatic carbocycles. The quantitative estimate of drug-likeness (QED) is 0.453. The molecule has 2 rings (SSSR count). The number of nitro benzene ring substituents is 1. The lowest BCUT2D eigenvalue weighted by Crippen LogP contribution is -2.36. The van der Waals surface area contributed by atoms with Gasteiger partial charge in [0, 0.05) is 31.8 Å². The van der Waals surface area contributed by atoms with Crippen LogP contribution in [0.15, 0.2) is 47.4 Å². The standard InChI is InChI=1S/C19H22N4O5S/c1-21(2)9-10-22(14-16-6-4-5-15(11-16)13-20)29(26,27)19-12-17(23(24)25)7-8-18(19)28-3/h4-8,11-12H,9-10,14H2,1-3H3. The predicted molar refractivity (Wildman–Crippen MR) is 107 cm³/mol. The van der Waals surface area contributed by atoms with E-state index in [0.29, 0.717) is 17.7 Å². The molecule has 0 N–H and O–H groups in total. The Balaban J connectivity index is 2.52. The molecule has 0 unspecified atom stereocenters. The Hall–Kier alpha value is -3.00. The number of non-ortho nitro benzene ring substituents is 1. The van der Waals surface area contributed by atoms with E-state index in [-0.39, 0.29) is 29.4 Å². The third-order valence-corrected chi connectivity index (χ3v) is 6.05. The highest BCUT2D eigenvalue weighted by atomic mass is 32.2. The Kier molecular flexibility index (Phi) is 7.28. The molecule has 0 saturated heterocycles. The SMILES string of the molecule is COc1ccc([N+](=O)[O-])cc1S(=O)(=O)N(CCN(C)C)Cc1cccc(C#N)c1. The van der Waals surface area contributed by atoms with Crippen LogP contribution in [0, 0.1) is 21.4 Å². The maximum Gasteiger partial charge on any atom is 0.271 e. The fourth-order valence-electron chi connectivity index (χ4n) is 2.66. The van der Waals surface area contributed by atoms with E-state index in [2.05, 4.69) is 0 Å². The number of likely N-dealkylation sites (N-methyl/N-ethyl adjacent to an activating group) is 1. The van der Waals surface area contributed by atoms with Crippen LogP contribution in [0.1, 0.15) is 11.1 Å². The minimum absolute atomic E-state index is 0.0114. The summed E-state index contributed by atoms with van der Waals surface area (Å²) >= 11 is 0. The van der Waals surface area contributed by atoms with Crippen LogP contribution >= 0.6 is 0 Å². The summed E-state index contributed by atoms with van der Waals surface area (Å²) < 4.78 is 33.2. The van der Waals surface area contributed by atoms with E-state index in [1.165, 1.54) is 23.5 Å². The topological polar surface area (TPSA) is 117 Å². The fourth-order valence-corrected chi connectivity index (χ4v) is 4.25.